The van der Waals surface area contributed by atoms with Gasteiger partial charge < -0.3 is 4.90 Å². The molecule has 0 atom stereocenters. The molecule has 4 bridgehead atoms. The summed E-state index contributed by atoms with van der Waals surface area (Å²) in [6.07, 6.45) is 8.65. The summed E-state index contributed by atoms with van der Waals surface area (Å²) < 4.78 is 0. The Labute approximate surface area is 390 Å². The van der Waals surface area contributed by atoms with E-state index in [2.05, 4.69) is 225 Å². The zero-order chi connectivity index (χ0) is 44.0. The molecule has 14 rings (SSSR count). The van der Waals surface area contributed by atoms with Crippen LogP contribution in [-0.2, 0) is 10.8 Å². The predicted octanol–water partition coefficient (Wildman–Crippen LogP) is 17.8. The summed E-state index contributed by atoms with van der Waals surface area (Å²) in [5.41, 5.74) is 20.8. The number of hydrogen-bond acceptors (Lipinski definition) is 1. The lowest BCUT2D eigenvalue weighted by Gasteiger charge is -2.57. The van der Waals surface area contributed by atoms with E-state index in [9.17, 15) is 0 Å². The highest BCUT2D eigenvalue weighted by molar-refractivity contribution is 6.06. The van der Waals surface area contributed by atoms with Gasteiger partial charge in [-0.25, -0.2) is 0 Å². The van der Waals surface area contributed by atoms with Crippen LogP contribution < -0.4 is 4.90 Å². The monoisotopic (exact) mass is 849 g/mol. The Kier molecular flexibility index (Phi) is 9.14. The molecule has 0 radical (unpaired) electrons. The number of nitrogens with zero attached hydrogens (tertiary/aromatic N) is 1. The number of hydrogen-bond donors (Lipinski definition) is 0. The minimum atomic E-state index is -0.0594. The van der Waals surface area contributed by atoms with Crippen molar-refractivity contribution in [3.05, 3.63) is 223 Å². The third-order valence-corrected chi connectivity index (χ3v) is 16.4. The van der Waals surface area contributed by atoms with E-state index in [1.54, 1.807) is 5.56 Å². The van der Waals surface area contributed by atoms with Gasteiger partial charge >= 0.3 is 0 Å². The van der Waals surface area contributed by atoms with Crippen molar-refractivity contribution >= 4 is 27.8 Å². The van der Waals surface area contributed by atoms with Crippen LogP contribution in [-0.4, -0.2) is 0 Å². The highest BCUT2D eigenvalue weighted by atomic mass is 15.1. The molecule has 0 N–H and O–H groups in total. The van der Waals surface area contributed by atoms with Crippen molar-refractivity contribution in [3.8, 4) is 55.6 Å². The number of fused-ring (bicyclic) bond motifs is 4. The van der Waals surface area contributed by atoms with Crippen LogP contribution >= 0.6 is 0 Å². The third-order valence-electron chi connectivity index (χ3n) is 16.4. The van der Waals surface area contributed by atoms with Crippen LogP contribution in [0.3, 0.4) is 0 Å². The highest BCUT2D eigenvalue weighted by Crippen LogP contribution is 2.61. The first kappa shape index (κ1) is 39.4. The molecule has 4 saturated carbocycles. The first-order valence-electron chi connectivity index (χ1n) is 24.4. The lowest BCUT2D eigenvalue weighted by atomic mass is 9.48. The molecule has 9 aromatic carbocycles. The van der Waals surface area contributed by atoms with Gasteiger partial charge in [0.15, 0.2) is 0 Å². The van der Waals surface area contributed by atoms with Crippen molar-refractivity contribution in [2.45, 2.75) is 63.2 Å². The Morgan fingerprint density at radius 3 is 1.52 bits per heavy atom. The van der Waals surface area contributed by atoms with Gasteiger partial charge in [-0.3, -0.25) is 0 Å². The summed E-state index contributed by atoms with van der Waals surface area (Å²) in [4.78, 5) is 2.44. The van der Waals surface area contributed by atoms with Gasteiger partial charge in [-0.2, -0.15) is 0 Å². The Morgan fingerprint density at radius 2 is 0.864 bits per heavy atom. The zero-order valence-corrected chi connectivity index (χ0v) is 38.1. The van der Waals surface area contributed by atoms with Crippen molar-refractivity contribution < 1.29 is 0 Å². The van der Waals surface area contributed by atoms with Gasteiger partial charge in [-0.1, -0.05) is 184 Å². The van der Waals surface area contributed by atoms with Crippen LogP contribution in [0.2, 0.25) is 0 Å². The van der Waals surface area contributed by atoms with E-state index >= 15 is 0 Å². The lowest BCUT2D eigenvalue weighted by molar-refractivity contribution is -0.00518. The van der Waals surface area contributed by atoms with Crippen molar-refractivity contribution in [2.24, 2.45) is 17.8 Å². The quantitative estimate of drug-likeness (QED) is 0.147. The number of anilines is 3. The zero-order valence-electron chi connectivity index (χ0n) is 38.1. The molecule has 320 valence electrons. The fraction of sp³-hybridized carbons (Fsp3) is 0.200. The molecule has 0 aliphatic heterocycles. The second-order valence-corrected chi connectivity index (χ2v) is 20.7. The maximum Gasteiger partial charge on any atom is 0.0467 e. The maximum absolute atomic E-state index is 2.48. The van der Waals surface area contributed by atoms with E-state index in [1.165, 1.54) is 116 Å². The van der Waals surface area contributed by atoms with Gasteiger partial charge in [0, 0.05) is 22.5 Å². The summed E-state index contributed by atoms with van der Waals surface area (Å²) in [5.74, 6) is 2.85. The summed E-state index contributed by atoms with van der Waals surface area (Å²) in [6, 6.07) is 77.5. The largest absolute Gasteiger partial charge is 0.310 e. The summed E-state index contributed by atoms with van der Waals surface area (Å²) in [5, 5.41) is 2.53. The molecule has 0 heterocycles. The molecule has 5 aliphatic carbocycles. The topological polar surface area (TPSA) is 3.24 Å². The van der Waals surface area contributed by atoms with E-state index in [1.807, 2.05) is 0 Å². The Morgan fingerprint density at radius 1 is 0.379 bits per heavy atom. The molecular weight excluding hydrogens is 795 g/mol. The normalized spacial score (nSPS) is 20.8. The molecule has 5 aliphatic rings. The summed E-state index contributed by atoms with van der Waals surface area (Å²) in [6.45, 7) is 4.73. The lowest BCUT2D eigenvalue weighted by Crippen LogP contribution is -2.48. The molecule has 0 spiro atoms. The van der Waals surface area contributed by atoms with Crippen molar-refractivity contribution in [2.75, 3.05) is 4.90 Å². The molecule has 0 amide bonds. The molecule has 1 nitrogen and oxygen atoms in total. The Bertz CT molecular complexity index is 3240. The Balaban J connectivity index is 0.892. The minimum Gasteiger partial charge on any atom is -0.310 e. The fourth-order valence-corrected chi connectivity index (χ4v) is 13.8. The van der Waals surface area contributed by atoms with E-state index in [4.69, 9.17) is 0 Å². The molecule has 0 unspecified atom stereocenters. The van der Waals surface area contributed by atoms with Crippen LogP contribution in [0.4, 0.5) is 17.1 Å². The Hall–Kier alpha value is -6.96. The number of rotatable bonds is 8. The van der Waals surface area contributed by atoms with Crippen LogP contribution in [0.1, 0.15) is 69.1 Å². The molecule has 66 heavy (non-hydrogen) atoms. The van der Waals surface area contributed by atoms with E-state index < -0.39 is 0 Å². The second-order valence-electron chi connectivity index (χ2n) is 20.7. The van der Waals surface area contributed by atoms with E-state index in [0.717, 1.165) is 34.8 Å². The first-order valence-corrected chi connectivity index (χ1v) is 24.4. The standard InChI is InChI=1S/C65H55N/c1-64(2)60-22-7-6-18-59(60)63-58(21-11-23-61(63)64)51-16-8-17-55(39-51)66(54-34-28-49(29-35-54)57-20-10-15-50-14-9-19-56(62(50)57)48-12-4-3-5-13-48)53-32-26-47(27-33-53)46-24-30-52(31-25-46)65-40-43-36-44(41-65)38-45(37-43)42-65/h3-35,39,43-45H,36-38,40-42H2,1-2H3. The summed E-state index contributed by atoms with van der Waals surface area (Å²) >= 11 is 0. The van der Waals surface area contributed by atoms with Crippen molar-refractivity contribution in [1.29, 1.82) is 0 Å². The van der Waals surface area contributed by atoms with Gasteiger partial charge in [0.25, 0.3) is 0 Å². The molecule has 4 fully saturated rings. The van der Waals surface area contributed by atoms with Gasteiger partial charge in [0.1, 0.15) is 0 Å². The average Bonchev–Trinajstić information content (AvgIpc) is 3.60. The fourth-order valence-electron chi connectivity index (χ4n) is 13.8. The second kappa shape index (κ2) is 15.3. The molecule has 1 heteroatoms. The molecule has 9 aromatic rings. The SMILES string of the molecule is CC1(C)c2ccccc2-c2c(-c3cccc(N(c4ccc(-c5ccc(C67CC8CC(CC(C8)C6)C7)cc5)cc4)c4ccc(-c5cccc6cccc(-c7ccccc7)c56)cc4)c3)cccc21. The van der Waals surface area contributed by atoms with Crippen LogP contribution in [0.25, 0.3) is 66.4 Å². The highest BCUT2D eigenvalue weighted by Gasteiger charge is 2.51. The maximum atomic E-state index is 2.48. The molecule has 0 saturated heterocycles. The number of benzene rings is 9. The third kappa shape index (κ3) is 6.42. The smallest absolute Gasteiger partial charge is 0.0467 e. The van der Waals surface area contributed by atoms with Gasteiger partial charge in [-0.15, -0.1) is 0 Å². The van der Waals surface area contributed by atoms with Gasteiger partial charge in [-0.05, 0) is 181 Å². The minimum absolute atomic E-state index is 0.0594. The van der Waals surface area contributed by atoms with Crippen LogP contribution in [0.15, 0.2) is 206 Å². The van der Waals surface area contributed by atoms with Crippen molar-refractivity contribution in [1.82, 2.24) is 0 Å². The van der Waals surface area contributed by atoms with Crippen LogP contribution in [0.5, 0.6) is 0 Å². The first-order chi connectivity index (χ1) is 32.4. The van der Waals surface area contributed by atoms with Crippen molar-refractivity contribution in [3.63, 3.8) is 0 Å². The summed E-state index contributed by atoms with van der Waals surface area (Å²) in [7, 11) is 0. The predicted molar refractivity (Wildman–Crippen MR) is 278 cm³/mol. The van der Waals surface area contributed by atoms with E-state index in [0.29, 0.717) is 5.41 Å². The van der Waals surface area contributed by atoms with Gasteiger partial charge in [0.05, 0.1) is 0 Å². The van der Waals surface area contributed by atoms with E-state index in [-0.39, 0.29) is 5.41 Å². The average molecular weight is 850 g/mol. The molecule has 0 aromatic heterocycles. The molecular formula is C65H55N. The van der Waals surface area contributed by atoms with Gasteiger partial charge in [0.2, 0.25) is 0 Å². The van der Waals surface area contributed by atoms with Crippen LogP contribution in [0, 0.1) is 17.8 Å².